The Morgan fingerprint density at radius 2 is 2.08 bits per heavy atom. The van der Waals surface area contributed by atoms with Crippen LogP contribution in [-0.4, -0.2) is 66.9 Å². The molecule has 7 heteroatoms. The van der Waals surface area contributed by atoms with Gasteiger partial charge in [0.2, 0.25) is 0 Å². The normalized spacial score (nSPS) is 25.5. The first-order valence-electron chi connectivity index (χ1n) is 9.27. The molecular formula is C19H24N2O4S. The lowest BCUT2D eigenvalue weighted by molar-refractivity contribution is 0.0442. The summed E-state index contributed by atoms with van der Waals surface area (Å²) in [5.74, 6) is 2.16. The largest absolute Gasteiger partial charge is 0.447 e. The van der Waals surface area contributed by atoms with Crippen LogP contribution in [0.25, 0.3) is 0 Å². The topological polar surface area (TPSA) is 59.1 Å². The van der Waals surface area contributed by atoms with Gasteiger partial charge in [0.1, 0.15) is 6.61 Å². The van der Waals surface area contributed by atoms with Crippen molar-refractivity contribution >= 4 is 29.4 Å². The number of ether oxygens (including phenoxy) is 2. The lowest BCUT2D eigenvalue weighted by Crippen LogP contribution is -2.44. The third-order valence-electron chi connectivity index (χ3n) is 5.22. The first-order valence-corrected chi connectivity index (χ1v) is 10.4. The number of hydrogen-bond donors (Lipinski definition) is 0. The molecule has 1 aromatic rings. The van der Waals surface area contributed by atoms with E-state index < -0.39 is 0 Å². The van der Waals surface area contributed by atoms with Crippen molar-refractivity contribution in [3.63, 3.8) is 0 Å². The van der Waals surface area contributed by atoms with Crippen molar-refractivity contribution in [1.29, 1.82) is 0 Å². The van der Waals surface area contributed by atoms with Gasteiger partial charge in [-0.1, -0.05) is 0 Å². The second-order valence-electron chi connectivity index (χ2n) is 6.92. The first kappa shape index (κ1) is 17.7. The maximum atomic E-state index is 13.2. The third kappa shape index (κ3) is 3.69. The second kappa shape index (κ2) is 7.88. The number of carbonyl (C=O) groups excluding carboxylic acids is 2. The molecule has 3 aliphatic rings. The fourth-order valence-corrected chi connectivity index (χ4v) is 4.98. The van der Waals surface area contributed by atoms with Gasteiger partial charge in [-0.2, -0.15) is 11.8 Å². The Kier molecular flexibility index (Phi) is 5.36. The molecule has 0 spiro atoms. The SMILES string of the molecule is O=C1OCCN1c1ccc(C(=O)N(C[C@H]2CCCO2)[C@H]2CCSC2)cc1. The molecule has 0 aliphatic carbocycles. The maximum Gasteiger partial charge on any atom is 0.414 e. The Morgan fingerprint density at radius 1 is 1.23 bits per heavy atom. The number of hydrogen-bond acceptors (Lipinski definition) is 5. The van der Waals surface area contributed by atoms with Crippen LogP contribution in [0, 0.1) is 0 Å². The summed E-state index contributed by atoms with van der Waals surface area (Å²) >= 11 is 1.91. The van der Waals surface area contributed by atoms with Crippen molar-refractivity contribution in [2.75, 3.05) is 42.7 Å². The highest BCUT2D eigenvalue weighted by atomic mass is 32.2. The Labute approximate surface area is 157 Å². The zero-order chi connectivity index (χ0) is 17.9. The average Bonchev–Trinajstić information content (AvgIpc) is 3.42. The molecule has 3 fully saturated rings. The summed E-state index contributed by atoms with van der Waals surface area (Å²) in [7, 11) is 0. The van der Waals surface area contributed by atoms with Crippen LogP contribution in [0.1, 0.15) is 29.6 Å². The van der Waals surface area contributed by atoms with Crippen LogP contribution in [0.15, 0.2) is 24.3 Å². The lowest BCUT2D eigenvalue weighted by atomic mass is 10.1. The van der Waals surface area contributed by atoms with Crippen LogP contribution >= 0.6 is 11.8 Å². The highest BCUT2D eigenvalue weighted by Gasteiger charge is 2.31. The van der Waals surface area contributed by atoms with Gasteiger partial charge in [0.25, 0.3) is 5.91 Å². The number of anilines is 1. The van der Waals surface area contributed by atoms with E-state index >= 15 is 0 Å². The van der Waals surface area contributed by atoms with Crippen molar-refractivity contribution in [3.8, 4) is 0 Å². The number of benzene rings is 1. The van der Waals surface area contributed by atoms with Crippen molar-refractivity contribution in [2.45, 2.75) is 31.4 Å². The molecule has 2 amide bonds. The van der Waals surface area contributed by atoms with Gasteiger partial charge < -0.3 is 14.4 Å². The quantitative estimate of drug-likeness (QED) is 0.791. The summed E-state index contributed by atoms with van der Waals surface area (Å²) < 4.78 is 10.7. The van der Waals surface area contributed by atoms with Gasteiger partial charge in [0, 0.05) is 36.2 Å². The third-order valence-corrected chi connectivity index (χ3v) is 6.36. The van der Waals surface area contributed by atoms with Crippen LogP contribution in [0.5, 0.6) is 0 Å². The van der Waals surface area contributed by atoms with E-state index in [1.54, 1.807) is 4.90 Å². The van der Waals surface area contributed by atoms with Crippen LogP contribution in [0.3, 0.4) is 0 Å². The molecular weight excluding hydrogens is 352 g/mol. The molecule has 26 heavy (non-hydrogen) atoms. The number of rotatable bonds is 5. The van der Waals surface area contributed by atoms with Crippen LogP contribution < -0.4 is 4.90 Å². The van der Waals surface area contributed by atoms with E-state index in [2.05, 4.69) is 0 Å². The minimum atomic E-state index is -0.327. The summed E-state index contributed by atoms with van der Waals surface area (Å²) in [6.07, 6.45) is 2.98. The molecule has 0 saturated carbocycles. The van der Waals surface area contributed by atoms with Gasteiger partial charge in [-0.25, -0.2) is 4.79 Å². The van der Waals surface area contributed by atoms with Crippen molar-refractivity contribution in [1.82, 2.24) is 4.90 Å². The van der Waals surface area contributed by atoms with Crippen molar-refractivity contribution in [3.05, 3.63) is 29.8 Å². The summed E-state index contributed by atoms with van der Waals surface area (Å²) in [5, 5.41) is 0. The monoisotopic (exact) mass is 376 g/mol. The Morgan fingerprint density at radius 3 is 2.69 bits per heavy atom. The van der Waals surface area contributed by atoms with Crippen LogP contribution in [0.2, 0.25) is 0 Å². The molecule has 2 atom stereocenters. The Hall–Kier alpha value is -1.73. The molecule has 0 N–H and O–H groups in total. The van der Waals surface area contributed by atoms with Gasteiger partial charge >= 0.3 is 6.09 Å². The highest BCUT2D eigenvalue weighted by Crippen LogP contribution is 2.27. The molecule has 1 aromatic carbocycles. The first-order chi connectivity index (χ1) is 12.7. The summed E-state index contributed by atoms with van der Waals surface area (Å²) in [4.78, 5) is 28.5. The molecule has 0 bridgehead atoms. The van der Waals surface area contributed by atoms with E-state index in [4.69, 9.17) is 9.47 Å². The predicted molar refractivity (Wildman–Crippen MR) is 101 cm³/mol. The lowest BCUT2D eigenvalue weighted by Gasteiger charge is -2.31. The van der Waals surface area contributed by atoms with Gasteiger partial charge in [0.05, 0.1) is 12.6 Å². The zero-order valence-electron chi connectivity index (χ0n) is 14.8. The number of nitrogens with zero attached hydrogens (tertiary/aromatic N) is 2. The minimum Gasteiger partial charge on any atom is -0.447 e. The number of carbonyl (C=O) groups is 2. The molecule has 0 unspecified atom stereocenters. The molecule has 3 heterocycles. The minimum absolute atomic E-state index is 0.0588. The van der Waals surface area contributed by atoms with Crippen LogP contribution in [0.4, 0.5) is 10.5 Å². The van der Waals surface area contributed by atoms with Gasteiger partial charge in [-0.05, 0) is 49.3 Å². The van der Waals surface area contributed by atoms with E-state index in [0.29, 0.717) is 25.3 Å². The van der Waals surface area contributed by atoms with Gasteiger partial charge in [-0.3, -0.25) is 9.69 Å². The summed E-state index contributed by atoms with van der Waals surface area (Å²) in [6.45, 7) is 2.43. The van der Waals surface area contributed by atoms with Gasteiger partial charge in [0.15, 0.2) is 0 Å². The molecule has 4 rings (SSSR count). The average molecular weight is 376 g/mol. The van der Waals surface area contributed by atoms with Crippen molar-refractivity contribution in [2.24, 2.45) is 0 Å². The van der Waals surface area contributed by atoms with E-state index in [0.717, 1.165) is 43.1 Å². The smallest absolute Gasteiger partial charge is 0.414 e. The maximum absolute atomic E-state index is 13.2. The van der Waals surface area contributed by atoms with E-state index in [-0.39, 0.29) is 24.1 Å². The molecule has 3 aliphatic heterocycles. The fraction of sp³-hybridized carbons (Fsp3) is 0.579. The summed E-state index contributed by atoms with van der Waals surface area (Å²) in [6, 6.07) is 7.56. The molecule has 3 saturated heterocycles. The molecule has 6 nitrogen and oxygen atoms in total. The van der Waals surface area contributed by atoms with Gasteiger partial charge in [-0.15, -0.1) is 0 Å². The van der Waals surface area contributed by atoms with Crippen molar-refractivity contribution < 1.29 is 19.1 Å². The van der Waals surface area contributed by atoms with E-state index in [1.165, 1.54) is 0 Å². The molecule has 0 radical (unpaired) electrons. The Bertz CT molecular complexity index is 654. The second-order valence-corrected chi connectivity index (χ2v) is 8.07. The number of thioether (sulfide) groups is 1. The Balaban J connectivity index is 1.49. The van der Waals surface area contributed by atoms with E-state index in [1.807, 2.05) is 40.9 Å². The number of cyclic esters (lactones) is 1. The predicted octanol–water partition coefficient (Wildman–Crippen LogP) is 2.77. The van der Waals surface area contributed by atoms with E-state index in [9.17, 15) is 9.59 Å². The zero-order valence-corrected chi connectivity index (χ0v) is 15.6. The molecule has 140 valence electrons. The standard InChI is InChI=1S/C19H24N2O4S/c22-18(14-3-5-15(6-4-14)20-8-10-25-19(20)23)21(16-7-11-26-13-16)12-17-2-1-9-24-17/h3-6,16-17H,1-2,7-13H2/t16-,17+/m0/s1. The van der Waals surface area contributed by atoms with Crippen LogP contribution in [-0.2, 0) is 9.47 Å². The fourth-order valence-electron chi connectivity index (χ4n) is 3.75. The summed E-state index contributed by atoms with van der Waals surface area (Å²) in [5.41, 5.74) is 1.43. The highest BCUT2D eigenvalue weighted by molar-refractivity contribution is 7.99. The number of amides is 2. The molecule has 0 aromatic heterocycles.